The van der Waals surface area contributed by atoms with Gasteiger partial charge in [0.25, 0.3) is 5.56 Å². The van der Waals surface area contributed by atoms with Gasteiger partial charge in [-0.3, -0.25) is 4.79 Å². The summed E-state index contributed by atoms with van der Waals surface area (Å²) in [6.07, 6.45) is -3.44. The van der Waals surface area contributed by atoms with Crippen LogP contribution in [0, 0.1) is 0 Å². The number of alkyl halides is 3. The highest BCUT2D eigenvalue weighted by Gasteiger charge is 2.28. The molecule has 0 fully saturated rings. The first-order valence-corrected chi connectivity index (χ1v) is 3.41. The van der Waals surface area contributed by atoms with Gasteiger partial charge in [0.15, 0.2) is 0 Å². The average molecular weight is 192 g/mol. The molecule has 3 nitrogen and oxygen atoms in total. The van der Waals surface area contributed by atoms with Crippen molar-refractivity contribution >= 4 is 5.69 Å². The van der Waals surface area contributed by atoms with Gasteiger partial charge in [-0.15, -0.1) is 0 Å². The molecule has 0 unspecified atom stereocenters. The van der Waals surface area contributed by atoms with Gasteiger partial charge in [-0.25, -0.2) is 0 Å². The van der Waals surface area contributed by atoms with Crippen molar-refractivity contribution in [3.05, 3.63) is 28.7 Å². The molecule has 1 rings (SSSR count). The minimum atomic E-state index is -4.41. The molecule has 0 aliphatic carbocycles. The molecule has 0 radical (unpaired) electrons. The fourth-order valence-corrected chi connectivity index (χ4v) is 0.867. The van der Waals surface area contributed by atoms with Crippen molar-refractivity contribution in [1.82, 2.24) is 4.57 Å². The molecule has 0 spiro atoms. The van der Waals surface area contributed by atoms with E-state index in [0.717, 1.165) is 12.3 Å². The smallest absolute Gasteiger partial charge is 0.398 e. The van der Waals surface area contributed by atoms with Gasteiger partial charge < -0.3 is 10.3 Å². The minimum absolute atomic E-state index is 0.129. The zero-order chi connectivity index (χ0) is 10.1. The molecule has 0 aliphatic rings. The predicted molar refractivity (Wildman–Crippen MR) is 41.2 cm³/mol. The van der Waals surface area contributed by atoms with Crippen molar-refractivity contribution in [3.63, 3.8) is 0 Å². The number of pyridine rings is 1. The highest BCUT2D eigenvalue weighted by Crippen LogP contribution is 2.16. The molecule has 72 valence electrons. The van der Waals surface area contributed by atoms with Gasteiger partial charge >= 0.3 is 6.18 Å². The molecule has 1 heterocycles. The number of anilines is 1. The Morgan fingerprint density at radius 1 is 1.38 bits per heavy atom. The third-order valence-corrected chi connectivity index (χ3v) is 1.36. The number of aromatic nitrogens is 1. The fraction of sp³-hybridized carbons (Fsp3) is 0.286. The SMILES string of the molecule is Nc1ccc(=O)n(CC(F)(F)F)c1. The molecule has 6 heteroatoms. The molecular weight excluding hydrogens is 185 g/mol. The molecule has 0 saturated carbocycles. The van der Waals surface area contributed by atoms with Crippen molar-refractivity contribution in [2.24, 2.45) is 0 Å². The average Bonchev–Trinajstić information content (AvgIpc) is 1.94. The van der Waals surface area contributed by atoms with Crippen LogP contribution in [0.15, 0.2) is 23.1 Å². The predicted octanol–water partition coefficient (Wildman–Crippen LogP) is 0.993. The van der Waals surface area contributed by atoms with E-state index in [4.69, 9.17) is 5.73 Å². The summed E-state index contributed by atoms with van der Waals surface area (Å²) < 4.78 is 36.1. The van der Waals surface area contributed by atoms with Crippen molar-refractivity contribution in [2.75, 3.05) is 5.73 Å². The standard InChI is InChI=1S/C7H7F3N2O/c8-7(9,10)4-12-3-5(11)1-2-6(12)13/h1-3H,4,11H2. The van der Waals surface area contributed by atoms with Crippen LogP contribution >= 0.6 is 0 Å². The van der Waals surface area contributed by atoms with E-state index < -0.39 is 18.3 Å². The van der Waals surface area contributed by atoms with Crippen LogP contribution in [-0.4, -0.2) is 10.7 Å². The molecule has 2 N–H and O–H groups in total. The molecule has 0 aromatic carbocycles. The van der Waals surface area contributed by atoms with E-state index in [1.54, 1.807) is 0 Å². The summed E-state index contributed by atoms with van der Waals surface area (Å²) in [7, 11) is 0. The normalized spacial score (nSPS) is 11.6. The first kappa shape index (κ1) is 9.63. The maximum atomic E-state index is 11.9. The van der Waals surface area contributed by atoms with Gasteiger partial charge in [0.1, 0.15) is 6.54 Å². The topological polar surface area (TPSA) is 48.0 Å². The molecule has 0 aliphatic heterocycles. The van der Waals surface area contributed by atoms with Crippen molar-refractivity contribution in [1.29, 1.82) is 0 Å². The lowest BCUT2D eigenvalue weighted by molar-refractivity contribution is -0.141. The first-order chi connectivity index (χ1) is 5.88. The highest BCUT2D eigenvalue weighted by molar-refractivity contribution is 5.33. The molecule has 13 heavy (non-hydrogen) atoms. The number of nitrogens with zero attached hydrogens (tertiary/aromatic N) is 1. The third-order valence-electron chi connectivity index (χ3n) is 1.36. The largest absolute Gasteiger partial charge is 0.406 e. The van der Waals surface area contributed by atoms with Crippen LogP contribution in [0.3, 0.4) is 0 Å². The molecule has 0 saturated heterocycles. The molecule has 0 atom stereocenters. The van der Waals surface area contributed by atoms with Crippen molar-refractivity contribution < 1.29 is 13.2 Å². The van der Waals surface area contributed by atoms with Gasteiger partial charge in [0.05, 0.1) is 0 Å². The number of hydrogen-bond donors (Lipinski definition) is 1. The third kappa shape index (κ3) is 2.81. The molecule has 1 aromatic heterocycles. The lowest BCUT2D eigenvalue weighted by atomic mass is 10.4. The van der Waals surface area contributed by atoms with E-state index in [1.165, 1.54) is 6.07 Å². The maximum Gasteiger partial charge on any atom is 0.406 e. The van der Waals surface area contributed by atoms with E-state index in [9.17, 15) is 18.0 Å². The number of halogens is 3. The highest BCUT2D eigenvalue weighted by atomic mass is 19.4. The number of rotatable bonds is 1. The first-order valence-electron chi connectivity index (χ1n) is 3.41. The summed E-state index contributed by atoms with van der Waals surface area (Å²) in [5.74, 6) is 0. The van der Waals surface area contributed by atoms with Crippen LogP contribution in [0.1, 0.15) is 0 Å². The van der Waals surface area contributed by atoms with Crippen LogP contribution in [-0.2, 0) is 6.54 Å². The number of nitrogen functional groups attached to an aromatic ring is 1. The molecule has 0 bridgehead atoms. The fourth-order valence-electron chi connectivity index (χ4n) is 0.867. The monoisotopic (exact) mass is 192 g/mol. The molecule has 0 amide bonds. The second kappa shape index (κ2) is 3.12. The zero-order valence-corrected chi connectivity index (χ0v) is 6.51. The second-order valence-electron chi connectivity index (χ2n) is 2.54. The Labute approximate surface area is 71.6 Å². The summed E-state index contributed by atoms with van der Waals surface area (Å²) in [6, 6.07) is 2.26. The Hall–Kier alpha value is -1.46. The van der Waals surface area contributed by atoms with E-state index in [-0.39, 0.29) is 5.69 Å². The minimum Gasteiger partial charge on any atom is -0.398 e. The lowest BCUT2D eigenvalue weighted by Gasteiger charge is -2.08. The summed E-state index contributed by atoms with van der Waals surface area (Å²) in [5, 5.41) is 0. The summed E-state index contributed by atoms with van der Waals surface area (Å²) in [6.45, 7) is -1.31. The molecule has 1 aromatic rings. The Morgan fingerprint density at radius 2 is 2.00 bits per heavy atom. The van der Waals surface area contributed by atoms with Crippen LogP contribution in [0.25, 0.3) is 0 Å². The van der Waals surface area contributed by atoms with Crippen molar-refractivity contribution in [2.45, 2.75) is 12.7 Å². The summed E-state index contributed by atoms with van der Waals surface area (Å²) in [5.41, 5.74) is 4.63. The quantitative estimate of drug-likeness (QED) is 0.721. The Morgan fingerprint density at radius 3 is 2.54 bits per heavy atom. The van der Waals surface area contributed by atoms with E-state index >= 15 is 0 Å². The van der Waals surface area contributed by atoms with Gasteiger partial charge in [-0.2, -0.15) is 13.2 Å². The summed E-state index contributed by atoms with van der Waals surface area (Å²) in [4.78, 5) is 10.9. The van der Waals surface area contributed by atoms with E-state index in [0.29, 0.717) is 4.57 Å². The van der Waals surface area contributed by atoms with Crippen LogP contribution in [0.4, 0.5) is 18.9 Å². The van der Waals surface area contributed by atoms with Gasteiger partial charge in [-0.1, -0.05) is 0 Å². The Kier molecular flexibility index (Phi) is 2.31. The summed E-state index contributed by atoms with van der Waals surface area (Å²) >= 11 is 0. The number of hydrogen-bond acceptors (Lipinski definition) is 2. The van der Waals surface area contributed by atoms with Crippen LogP contribution in [0.2, 0.25) is 0 Å². The lowest BCUT2D eigenvalue weighted by Crippen LogP contribution is -2.27. The van der Waals surface area contributed by atoms with Crippen molar-refractivity contribution in [3.8, 4) is 0 Å². The maximum absolute atomic E-state index is 11.9. The Balaban J connectivity index is 3.01. The van der Waals surface area contributed by atoms with Crippen LogP contribution in [0.5, 0.6) is 0 Å². The van der Waals surface area contributed by atoms with Gasteiger partial charge in [-0.05, 0) is 6.07 Å². The second-order valence-corrected chi connectivity index (χ2v) is 2.54. The zero-order valence-electron chi connectivity index (χ0n) is 6.51. The molecular formula is C7H7F3N2O. The van der Waals surface area contributed by atoms with Gasteiger partial charge in [0.2, 0.25) is 0 Å². The van der Waals surface area contributed by atoms with E-state index in [2.05, 4.69) is 0 Å². The van der Waals surface area contributed by atoms with E-state index in [1.807, 2.05) is 0 Å². The van der Waals surface area contributed by atoms with Crippen LogP contribution < -0.4 is 11.3 Å². The van der Waals surface area contributed by atoms with Gasteiger partial charge in [0, 0.05) is 18.0 Å². The Bertz CT molecular complexity index is 355. The number of nitrogens with two attached hydrogens (primary N) is 1.